The van der Waals surface area contributed by atoms with Crippen LogP contribution in [0.5, 0.6) is 0 Å². The number of rotatable bonds is 6. The van der Waals surface area contributed by atoms with Crippen molar-refractivity contribution in [3.05, 3.63) is 33.8 Å². The maximum Gasteiger partial charge on any atom is 0.144 e. The lowest BCUT2D eigenvalue weighted by Gasteiger charge is -2.26. The Morgan fingerprint density at radius 2 is 2.00 bits per heavy atom. The van der Waals surface area contributed by atoms with Gasteiger partial charge in [-0.15, -0.1) is 0 Å². The van der Waals surface area contributed by atoms with Crippen molar-refractivity contribution >= 4 is 15.9 Å². The summed E-state index contributed by atoms with van der Waals surface area (Å²) in [6.45, 7) is 3.23. The van der Waals surface area contributed by atoms with Crippen LogP contribution >= 0.6 is 15.9 Å². The molecule has 2 nitrogen and oxygen atoms in total. The van der Waals surface area contributed by atoms with Crippen molar-refractivity contribution in [3.63, 3.8) is 0 Å². The van der Waals surface area contributed by atoms with Crippen molar-refractivity contribution in [2.45, 2.75) is 38.3 Å². The minimum Gasteiger partial charge on any atom is -0.313 e. The Hall–Kier alpha value is -0.520. The monoisotopic (exact) mass is 358 g/mol. The van der Waals surface area contributed by atoms with E-state index >= 15 is 0 Å². The third kappa shape index (κ3) is 4.02. The van der Waals surface area contributed by atoms with Gasteiger partial charge in [-0.1, -0.05) is 0 Å². The fourth-order valence-corrected chi connectivity index (χ4v) is 3.40. The second-order valence-corrected chi connectivity index (χ2v) is 7.11. The van der Waals surface area contributed by atoms with Crippen molar-refractivity contribution in [2.75, 3.05) is 19.6 Å². The largest absolute Gasteiger partial charge is 0.313 e. The van der Waals surface area contributed by atoms with E-state index < -0.39 is 11.6 Å². The van der Waals surface area contributed by atoms with E-state index in [2.05, 4.69) is 26.1 Å². The van der Waals surface area contributed by atoms with Gasteiger partial charge in [0.1, 0.15) is 11.6 Å². The molecule has 0 radical (unpaired) electrons. The van der Waals surface area contributed by atoms with Crippen LogP contribution < -0.4 is 5.32 Å². The Morgan fingerprint density at radius 1 is 1.19 bits per heavy atom. The Labute approximate surface area is 133 Å². The molecule has 0 spiro atoms. The molecule has 0 amide bonds. The first-order chi connectivity index (χ1) is 10.1. The van der Waals surface area contributed by atoms with Gasteiger partial charge in [-0.3, -0.25) is 4.90 Å². The second kappa shape index (κ2) is 6.71. The van der Waals surface area contributed by atoms with Gasteiger partial charge in [-0.2, -0.15) is 0 Å². The van der Waals surface area contributed by atoms with Crippen LogP contribution in [0.4, 0.5) is 8.78 Å². The predicted octanol–water partition coefficient (Wildman–Crippen LogP) is 3.69. The first kappa shape index (κ1) is 15.4. The number of halogens is 3. The maximum absolute atomic E-state index is 14.2. The third-order valence-corrected chi connectivity index (χ3v) is 4.99. The molecule has 5 heteroatoms. The Morgan fingerprint density at radius 3 is 2.67 bits per heavy atom. The molecule has 2 aliphatic rings. The molecule has 1 saturated heterocycles. The van der Waals surface area contributed by atoms with Gasteiger partial charge in [-0.05, 0) is 66.2 Å². The summed E-state index contributed by atoms with van der Waals surface area (Å²) < 4.78 is 28.5. The average molecular weight is 359 g/mol. The summed E-state index contributed by atoms with van der Waals surface area (Å²) in [7, 11) is 0. The van der Waals surface area contributed by atoms with Crippen molar-refractivity contribution in [1.29, 1.82) is 0 Å². The first-order valence-corrected chi connectivity index (χ1v) is 8.51. The molecule has 0 bridgehead atoms. The van der Waals surface area contributed by atoms with Crippen LogP contribution in [0.2, 0.25) is 0 Å². The van der Waals surface area contributed by atoms with E-state index in [1.54, 1.807) is 0 Å². The molecule has 1 aliphatic heterocycles. The Kier molecular flexibility index (Phi) is 4.92. The van der Waals surface area contributed by atoms with Crippen molar-refractivity contribution in [1.82, 2.24) is 10.2 Å². The maximum atomic E-state index is 14.2. The highest BCUT2D eigenvalue weighted by Crippen LogP contribution is 2.31. The van der Waals surface area contributed by atoms with E-state index in [1.807, 2.05) is 0 Å². The lowest BCUT2D eigenvalue weighted by molar-refractivity contribution is 0.225. The van der Waals surface area contributed by atoms with Crippen LogP contribution in [0.1, 0.15) is 31.2 Å². The first-order valence-electron chi connectivity index (χ1n) is 7.71. The molecule has 1 atom stereocenters. The standard InChI is InChI=1S/C16H21BrF2N2/c17-14-5-6-15(18)13(16(14)19)10-21(8-11-3-4-11)9-12-2-1-7-20-12/h5-6,11-12,20H,1-4,7-10H2. The second-order valence-electron chi connectivity index (χ2n) is 6.25. The van der Waals surface area contributed by atoms with Crippen LogP contribution in [0.3, 0.4) is 0 Å². The van der Waals surface area contributed by atoms with E-state index in [9.17, 15) is 8.78 Å². The quantitative estimate of drug-likeness (QED) is 0.780. The number of hydrogen-bond acceptors (Lipinski definition) is 2. The molecule has 1 saturated carbocycles. The molecule has 1 unspecified atom stereocenters. The molecule has 1 aromatic carbocycles. The number of hydrogen-bond donors (Lipinski definition) is 1. The van der Waals surface area contributed by atoms with Crippen LogP contribution in [-0.4, -0.2) is 30.6 Å². The molecule has 116 valence electrons. The summed E-state index contributed by atoms with van der Waals surface area (Å²) >= 11 is 3.15. The summed E-state index contributed by atoms with van der Waals surface area (Å²) in [5.41, 5.74) is 0.183. The highest BCUT2D eigenvalue weighted by atomic mass is 79.9. The van der Waals surface area contributed by atoms with Gasteiger partial charge in [0.05, 0.1) is 4.47 Å². The SMILES string of the molecule is Fc1ccc(Br)c(F)c1CN(CC1CC1)CC1CCCN1. The lowest BCUT2D eigenvalue weighted by Crippen LogP contribution is -2.38. The van der Waals surface area contributed by atoms with Gasteiger partial charge in [0.25, 0.3) is 0 Å². The van der Waals surface area contributed by atoms with Gasteiger partial charge in [0.2, 0.25) is 0 Å². The summed E-state index contributed by atoms with van der Waals surface area (Å²) in [4.78, 5) is 2.22. The lowest BCUT2D eigenvalue weighted by atomic mass is 10.1. The Bertz CT molecular complexity index is 499. The minimum absolute atomic E-state index is 0.183. The fourth-order valence-electron chi connectivity index (χ4n) is 3.03. The van der Waals surface area contributed by atoms with Crippen LogP contribution in [-0.2, 0) is 6.54 Å². The zero-order valence-corrected chi connectivity index (χ0v) is 13.6. The van der Waals surface area contributed by atoms with Gasteiger partial charge in [0, 0.05) is 31.2 Å². The zero-order valence-electron chi connectivity index (χ0n) is 12.0. The average Bonchev–Trinajstić information content (AvgIpc) is 3.13. The number of nitrogens with one attached hydrogen (secondary N) is 1. The van der Waals surface area contributed by atoms with E-state index in [0.29, 0.717) is 23.0 Å². The molecule has 21 heavy (non-hydrogen) atoms. The van der Waals surface area contributed by atoms with Gasteiger partial charge in [-0.25, -0.2) is 8.78 Å². The van der Waals surface area contributed by atoms with Crippen LogP contribution in [0.25, 0.3) is 0 Å². The predicted molar refractivity (Wildman–Crippen MR) is 83.1 cm³/mol. The zero-order chi connectivity index (χ0) is 14.8. The molecular formula is C16H21BrF2N2. The summed E-state index contributed by atoms with van der Waals surface area (Å²) in [6.07, 6.45) is 4.85. The molecule has 1 aliphatic carbocycles. The molecule has 3 rings (SSSR count). The normalized spacial score (nSPS) is 22.2. The van der Waals surface area contributed by atoms with Crippen LogP contribution in [0.15, 0.2) is 16.6 Å². The van der Waals surface area contributed by atoms with Gasteiger partial charge >= 0.3 is 0 Å². The molecule has 1 aromatic rings. The Balaban J connectivity index is 1.72. The van der Waals surface area contributed by atoms with E-state index in [-0.39, 0.29) is 5.56 Å². The van der Waals surface area contributed by atoms with Crippen molar-refractivity contribution in [2.24, 2.45) is 5.92 Å². The molecule has 1 N–H and O–H groups in total. The smallest absolute Gasteiger partial charge is 0.144 e. The van der Waals surface area contributed by atoms with Gasteiger partial charge < -0.3 is 5.32 Å². The van der Waals surface area contributed by atoms with Crippen molar-refractivity contribution in [3.8, 4) is 0 Å². The summed E-state index contributed by atoms with van der Waals surface area (Å²) in [6, 6.07) is 3.23. The van der Waals surface area contributed by atoms with Gasteiger partial charge in [0.15, 0.2) is 0 Å². The summed E-state index contributed by atoms with van der Waals surface area (Å²) in [5.74, 6) is -0.198. The number of nitrogens with zero attached hydrogens (tertiary/aromatic N) is 1. The van der Waals surface area contributed by atoms with Crippen molar-refractivity contribution < 1.29 is 8.78 Å². The molecule has 2 fully saturated rings. The van der Waals surface area contributed by atoms with E-state index in [0.717, 1.165) is 26.1 Å². The molecule has 0 aromatic heterocycles. The van der Waals surface area contributed by atoms with Crippen LogP contribution in [0, 0.1) is 17.6 Å². The summed E-state index contributed by atoms with van der Waals surface area (Å²) in [5, 5.41) is 3.47. The molecule has 1 heterocycles. The minimum atomic E-state index is -0.463. The van der Waals surface area contributed by atoms with E-state index in [1.165, 1.54) is 31.4 Å². The highest BCUT2D eigenvalue weighted by molar-refractivity contribution is 9.10. The fraction of sp³-hybridized carbons (Fsp3) is 0.625. The molecular weight excluding hydrogens is 338 g/mol. The third-order valence-electron chi connectivity index (χ3n) is 4.37. The number of benzene rings is 1. The topological polar surface area (TPSA) is 15.3 Å². The van der Waals surface area contributed by atoms with E-state index in [4.69, 9.17) is 0 Å². The highest BCUT2D eigenvalue weighted by Gasteiger charge is 2.27.